The van der Waals surface area contributed by atoms with Gasteiger partial charge in [-0.05, 0) is 72.7 Å². The number of carbonyl (C=O) groups excluding carboxylic acids is 1. The zero-order valence-electron chi connectivity index (χ0n) is 14.6. The second-order valence-corrected chi connectivity index (χ2v) is 6.92. The van der Waals surface area contributed by atoms with Crippen molar-refractivity contribution in [2.75, 3.05) is 0 Å². The third kappa shape index (κ3) is 5.99. The van der Waals surface area contributed by atoms with Crippen molar-refractivity contribution in [3.05, 3.63) is 70.8 Å². The van der Waals surface area contributed by atoms with E-state index in [2.05, 4.69) is 48.9 Å². The number of allylic oxidation sites excluding steroid dienone is 1. The van der Waals surface area contributed by atoms with E-state index in [4.69, 9.17) is 0 Å². The van der Waals surface area contributed by atoms with Gasteiger partial charge in [-0.25, -0.2) is 0 Å². The Bertz CT molecular complexity index is 704. The topological polar surface area (TPSA) is 29.1 Å². The fourth-order valence-corrected chi connectivity index (χ4v) is 3.02. The summed E-state index contributed by atoms with van der Waals surface area (Å²) < 4.78 is 3.40. The maximum Gasteiger partial charge on any atom is 0.155 e. The summed E-state index contributed by atoms with van der Waals surface area (Å²) in [5.74, 6) is 0.188. The number of aryl methyl sites for hydroxylation is 2. The van der Waals surface area contributed by atoms with Crippen molar-refractivity contribution in [3.8, 4) is 0 Å². The fraction of sp³-hybridized carbons (Fsp3) is 0.286. The first-order valence-corrected chi connectivity index (χ1v) is 9.17. The highest BCUT2D eigenvalue weighted by Crippen LogP contribution is 2.19. The molecule has 24 heavy (non-hydrogen) atoms. The van der Waals surface area contributed by atoms with Gasteiger partial charge in [0.05, 0.1) is 0 Å². The van der Waals surface area contributed by atoms with Gasteiger partial charge in [0, 0.05) is 17.9 Å². The molecule has 0 spiro atoms. The lowest BCUT2D eigenvalue weighted by Crippen LogP contribution is -2.02. The lowest BCUT2D eigenvalue weighted by Gasteiger charge is -2.07. The summed E-state index contributed by atoms with van der Waals surface area (Å²) >= 11 is 1.65. The summed E-state index contributed by atoms with van der Waals surface area (Å²) in [6.45, 7) is 7.08. The van der Waals surface area contributed by atoms with E-state index in [0.29, 0.717) is 6.42 Å². The van der Waals surface area contributed by atoms with Crippen molar-refractivity contribution in [3.63, 3.8) is 0 Å². The van der Waals surface area contributed by atoms with Crippen LogP contribution >= 0.6 is 11.9 Å². The second kappa shape index (κ2) is 9.45. The standard InChI is InChI=1S/C21H25NOS/c1-4-5-20(23)12-11-18-7-9-19(10-8-18)15-22-24-21-13-6-16(2)17(3)14-21/h6-14,22H,4-5,15H2,1-3H3/b12-11+. The first-order valence-electron chi connectivity index (χ1n) is 8.35. The van der Waals surface area contributed by atoms with Gasteiger partial charge in [0.2, 0.25) is 0 Å². The number of ketones is 1. The van der Waals surface area contributed by atoms with Crippen LogP contribution in [0, 0.1) is 13.8 Å². The Morgan fingerprint density at radius 1 is 1.08 bits per heavy atom. The number of benzene rings is 2. The predicted octanol–water partition coefficient (Wildman–Crippen LogP) is 5.48. The van der Waals surface area contributed by atoms with Crippen molar-refractivity contribution in [2.45, 2.75) is 45.1 Å². The highest BCUT2D eigenvalue weighted by Gasteiger charge is 1.99. The van der Waals surface area contributed by atoms with E-state index < -0.39 is 0 Å². The molecule has 2 nitrogen and oxygen atoms in total. The summed E-state index contributed by atoms with van der Waals surface area (Å²) in [4.78, 5) is 12.7. The number of hydrogen-bond donors (Lipinski definition) is 1. The maximum atomic E-state index is 11.5. The molecule has 0 radical (unpaired) electrons. The summed E-state index contributed by atoms with van der Waals surface area (Å²) in [5.41, 5.74) is 4.92. The van der Waals surface area contributed by atoms with Crippen LogP contribution in [0.15, 0.2) is 53.4 Å². The van der Waals surface area contributed by atoms with Crippen LogP contribution in [0.4, 0.5) is 0 Å². The number of rotatable bonds is 8. The highest BCUT2D eigenvalue weighted by molar-refractivity contribution is 7.97. The molecule has 0 heterocycles. The van der Waals surface area contributed by atoms with Crippen molar-refractivity contribution in [2.24, 2.45) is 0 Å². The Morgan fingerprint density at radius 3 is 2.50 bits per heavy atom. The predicted molar refractivity (Wildman–Crippen MR) is 104 cm³/mol. The van der Waals surface area contributed by atoms with Crippen molar-refractivity contribution >= 4 is 23.8 Å². The van der Waals surface area contributed by atoms with Crippen LogP contribution in [0.2, 0.25) is 0 Å². The fourth-order valence-electron chi connectivity index (χ4n) is 2.25. The zero-order valence-corrected chi connectivity index (χ0v) is 15.5. The monoisotopic (exact) mass is 339 g/mol. The smallest absolute Gasteiger partial charge is 0.155 e. The third-order valence-electron chi connectivity index (χ3n) is 3.88. The van der Waals surface area contributed by atoms with E-state index >= 15 is 0 Å². The number of carbonyl (C=O) groups is 1. The lowest BCUT2D eigenvalue weighted by atomic mass is 10.1. The molecule has 2 aromatic carbocycles. The molecule has 0 fully saturated rings. The SMILES string of the molecule is CCCC(=O)/C=C/c1ccc(CNSc2ccc(C)c(C)c2)cc1. The first kappa shape index (κ1) is 18.5. The highest BCUT2D eigenvalue weighted by atomic mass is 32.2. The van der Waals surface area contributed by atoms with E-state index in [0.717, 1.165) is 18.5 Å². The summed E-state index contributed by atoms with van der Waals surface area (Å²) in [7, 11) is 0. The molecule has 0 aliphatic rings. The average Bonchev–Trinajstić information content (AvgIpc) is 2.58. The molecule has 0 saturated carbocycles. The van der Waals surface area contributed by atoms with Gasteiger partial charge in [0.25, 0.3) is 0 Å². The lowest BCUT2D eigenvalue weighted by molar-refractivity contribution is -0.114. The largest absolute Gasteiger partial charge is 0.295 e. The summed E-state index contributed by atoms with van der Waals surface area (Å²) in [6.07, 6.45) is 5.07. The molecule has 1 N–H and O–H groups in total. The molecule has 0 atom stereocenters. The van der Waals surface area contributed by atoms with Crippen LogP contribution in [-0.4, -0.2) is 5.78 Å². The van der Waals surface area contributed by atoms with Gasteiger partial charge in [-0.2, -0.15) is 0 Å². The van der Waals surface area contributed by atoms with Gasteiger partial charge in [-0.1, -0.05) is 43.3 Å². The minimum atomic E-state index is 0.188. The van der Waals surface area contributed by atoms with E-state index in [1.807, 2.05) is 25.1 Å². The van der Waals surface area contributed by atoms with E-state index in [1.54, 1.807) is 18.0 Å². The van der Waals surface area contributed by atoms with Crippen molar-refractivity contribution in [1.29, 1.82) is 0 Å². The average molecular weight is 340 g/mol. The Hall–Kier alpha value is -1.84. The minimum Gasteiger partial charge on any atom is -0.295 e. The molecular weight excluding hydrogens is 314 g/mol. The number of nitrogens with one attached hydrogen (secondary N) is 1. The summed E-state index contributed by atoms with van der Waals surface area (Å²) in [6, 6.07) is 14.8. The van der Waals surface area contributed by atoms with Crippen LogP contribution < -0.4 is 4.72 Å². The molecule has 0 aliphatic carbocycles. The molecule has 0 aromatic heterocycles. The minimum absolute atomic E-state index is 0.188. The quantitative estimate of drug-likeness (QED) is 0.510. The van der Waals surface area contributed by atoms with Gasteiger partial charge in [-0.15, -0.1) is 0 Å². The van der Waals surface area contributed by atoms with Crippen LogP contribution in [0.25, 0.3) is 6.08 Å². The molecule has 0 saturated heterocycles. The molecule has 0 bridgehead atoms. The third-order valence-corrected chi connectivity index (χ3v) is 4.66. The Morgan fingerprint density at radius 2 is 1.83 bits per heavy atom. The zero-order chi connectivity index (χ0) is 17.4. The van der Waals surface area contributed by atoms with Gasteiger partial charge >= 0.3 is 0 Å². The van der Waals surface area contributed by atoms with Gasteiger partial charge in [0.1, 0.15) is 0 Å². The van der Waals surface area contributed by atoms with Gasteiger partial charge in [-0.3, -0.25) is 9.52 Å². The first-order chi connectivity index (χ1) is 11.6. The number of hydrogen-bond acceptors (Lipinski definition) is 3. The van der Waals surface area contributed by atoms with Crippen molar-refractivity contribution < 1.29 is 4.79 Å². The van der Waals surface area contributed by atoms with Gasteiger partial charge in [0.15, 0.2) is 5.78 Å². The van der Waals surface area contributed by atoms with Crippen molar-refractivity contribution in [1.82, 2.24) is 4.72 Å². The van der Waals surface area contributed by atoms with E-state index in [9.17, 15) is 4.79 Å². The Labute approximate surface area is 149 Å². The normalized spacial score (nSPS) is 11.1. The van der Waals surface area contributed by atoms with E-state index in [-0.39, 0.29) is 5.78 Å². The van der Waals surface area contributed by atoms with Crippen LogP contribution in [0.1, 0.15) is 42.0 Å². The molecule has 0 aliphatic heterocycles. The Kier molecular flexibility index (Phi) is 7.29. The Balaban J connectivity index is 1.83. The summed E-state index contributed by atoms with van der Waals surface area (Å²) in [5, 5.41) is 0. The molecule has 0 unspecified atom stereocenters. The molecule has 3 heteroatoms. The maximum absolute atomic E-state index is 11.5. The second-order valence-electron chi connectivity index (χ2n) is 5.96. The molecule has 2 aromatic rings. The van der Waals surface area contributed by atoms with Crippen LogP contribution in [0.5, 0.6) is 0 Å². The van der Waals surface area contributed by atoms with Crippen LogP contribution in [-0.2, 0) is 11.3 Å². The molecule has 0 amide bonds. The van der Waals surface area contributed by atoms with Crippen LogP contribution in [0.3, 0.4) is 0 Å². The molecule has 2 rings (SSSR count). The van der Waals surface area contributed by atoms with E-state index in [1.165, 1.54) is 21.6 Å². The molecular formula is C21H25NOS. The molecule has 126 valence electrons. The van der Waals surface area contributed by atoms with Gasteiger partial charge < -0.3 is 0 Å².